The van der Waals surface area contributed by atoms with Crippen LogP contribution in [0.1, 0.15) is 30.1 Å². The highest BCUT2D eigenvalue weighted by Crippen LogP contribution is 2.41. The standard InChI is InChI=1S/C11H13N3/c1-7-11(8-2-3-8)13-10-5-4-9(12)6-14(7)10/h4-6,8H,2-3,12H2,1H3. The number of pyridine rings is 1. The summed E-state index contributed by atoms with van der Waals surface area (Å²) in [5.41, 5.74) is 10.1. The number of nitrogens with two attached hydrogens (primary N) is 1. The number of nitrogens with zero attached hydrogens (tertiary/aromatic N) is 2. The van der Waals surface area contributed by atoms with Crippen LogP contribution in [-0.2, 0) is 0 Å². The minimum atomic E-state index is 0.705. The van der Waals surface area contributed by atoms with Crippen molar-refractivity contribution in [2.24, 2.45) is 0 Å². The molecule has 2 aromatic heterocycles. The molecule has 0 saturated heterocycles. The van der Waals surface area contributed by atoms with Crippen molar-refractivity contribution in [3.05, 3.63) is 29.7 Å². The lowest BCUT2D eigenvalue weighted by Crippen LogP contribution is -1.92. The molecule has 1 aliphatic carbocycles. The van der Waals surface area contributed by atoms with Gasteiger partial charge in [0.2, 0.25) is 0 Å². The third-order valence-electron chi connectivity index (χ3n) is 2.88. The molecule has 0 bridgehead atoms. The Hall–Kier alpha value is -1.51. The minimum Gasteiger partial charge on any atom is -0.398 e. The summed E-state index contributed by atoms with van der Waals surface area (Å²) in [5.74, 6) is 0.705. The molecule has 3 heteroatoms. The molecule has 1 aliphatic rings. The zero-order chi connectivity index (χ0) is 9.71. The number of fused-ring (bicyclic) bond motifs is 1. The molecule has 0 aromatic carbocycles. The van der Waals surface area contributed by atoms with Crippen molar-refractivity contribution in [3.8, 4) is 0 Å². The van der Waals surface area contributed by atoms with Gasteiger partial charge in [-0.2, -0.15) is 0 Å². The van der Waals surface area contributed by atoms with Crippen molar-refractivity contribution in [1.29, 1.82) is 0 Å². The fourth-order valence-corrected chi connectivity index (χ4v) is 1.94. The van der Waals surface area contributed by atoms with Gasteiger partial charge in [-0.1, -0.05) is 0 Å². The van der Waals surface area contributed by atoms with E-state index in [4.69, 9.17) is 5.73 Å². The monoisotopic (exact) mass is 187 g/mol. The molecule has 2 aromatic rings. The van der Waals surface area contributed by atoms with E-state index >= 15 is 0 Å². The minimum absolute atomic E-state index is 0.705. The van der Waals surface area contributed by atoms with Crippen molar-refractivity contribution < 1.29 is 0 Å². The lowest BCUT2D eigenvalue weighted by atomic mass is 10.2. The fraction of sp³-hybridized carbons (Fsp3) is 0.364. The second-order valence-electron chi connectivity index (χ2n) is 4.05. The van der Waals surface area contributed by atoms with Gasteiger partial charge in [0.1, 0.15) is 5.65 Å². The van der Waals surface area contributed by atoms with Gasteiger partial charge in [-0.05, 0) is 31.9 Å². The molecule has 0 aliphatic heterocycles. The van der Waals surface area contributed by atoms with Gasteiger partial charge in [0.05, 0.1) is 5.69 Å². The van der Waals surface area contributed by atoms with Crippen LogP contribution in [0.4, 0.5) is 5.69 Å². The molecule has 3 nitrogen and oxygen atoms in total. The van der Waals surface area contributed by atoms with E-state index in [0.29, 0.717) is 5.92 Å². The first-order chi connectivity index (χ1) is 6.75. The third kappa shape index (κ3) is 1.02. The van der Waals surface area contributed by atoms with Gasteiger partial charge in [0.15, 0.2) is 0 Å². The fourth-order valence-electron chi connectivity index (χ4n) is 1.94. The first kappa shape index (κ1) is 7.85. The summed E-state index contributed by atoms with van der Waals surface area (Å²) in [6.07, 6.45) is 4.53. The summed E-state index contributed by atoms with van der Waals surface area (Å²) in [7, 11) is 0. The Kier molecular flexibility index (Phi) is 1.40. The SMILES string of the molecule is Cc1c(C2CC2)nc2ccc(N)cn12. The zero-order valence-corrected chi connectivity index (χ0v) is 8.20. The van der Waals surface area contributed by atoms with Crippen LogP contribution in [0.25, 0.3) is 5.65 Å². The average Bonchev–Trinajstić information content (AvgIpc) is 2.95. The molecule has 0 amide bonds. The van der Waals surface area contributed by atoms with Crippen molar-refractivity contribution in [2.45, 2.75) is 25.7 Å². The van der Waals surface area contributed by atoms with E-state index in [1.807, 2.05) is 18.3 Å². The molecule has 1 fully saturated rings. The molecule has 1 saturated carbocycles. The first-order valence-corrected chi connectivity index (χ1v) is 5.00. The molecule has 3 rings (SSSR count). The lowest BCUT2D eigenvalue weighted by molar-refractivity contribution is 1.01. The lowest BCUT2D eigenvalue weighted by Gasteiger charge is -1.98. The number of rotatable bonds is 1. The number of imidazole rings is 1. The van der Waals surface area contributed by atoms with Gasteiger partial charge in [0.25, 0.3) is 0 Å². The van der Waals surface area contributed by atoms with Crippen molar-refractivity contribution in [1.82, 2.24) is 9.38 Å². The predicted octanol–water partition coefficient (Wildman–Crippen LogP) is 2.10. The summed E-state index contributed by atoms with van der Waals surface area (Å²) < 4.78 is 2.09. The summed E-state index contributed by atoms with van der Waals surface area (Å²) in [6, 6.07) is 3.88. The Morgan fingerprint density at radius 2 is 2.21 bits per heavy atom. The van der Waals surface area contributed by atoms with Crippen molar-refractivity contribution in [2.75, 3.05) is 5.73 Å². The summed E-state index contributed by atoms with van der Waals surface area (Å²) in [4.78, 5) is 4.62. The van der Waals surface area contributed by atoms with Crippen LogP contribution in [0.2, 0.25) is 0 Å². The smallest absolute Gasteiger partial charge is 0.137 e. The number of hydrogen-bond acceptors (Lipinski definition) is 2. The molecule has 0 radical (unpaired) electrons. The zero-order valence-electron chi connectivity index (χ0n) is 8.20. The Balaban J connectivity index is 2.29. The maximum Gasteiger partial charge on any atom is 0.137 e. The van der Waals surface area contributed by atoms with Crippen LogP contribution in [0, 0.1) is 6.92 Å². The van der Waals surface area contributed by atoms with Crippen molar-refractivity contribution in [3.63, 3.8) is 0 Å². The van der Waals surface area contributed by atoms with E-state index in [-0.39, 0.29) is 0 Å². The van der Waals surface area contributed by atoms with E-state index in [1.54, 1.807) is 0 Å². The summed E-state index contributed by atoms with van der Waals surface area (Å²) in [5, 5.41) is 0. The molecular formula is C11H13N3. The molecule has 0 unspecified atom stereocenters. The molecule has 0 atom stereocenters. The second kappa shape index (κ2) is 2.50. The Morgan fingerprint density at radius 1 is 1.43 bits per heavy atom. The topological polar surface area (TPSA) is 43.3 Å². The second-order valence-corrected chi connectivity index (χ2v) is 4.05. The van der Waals surface area contributed by atoms with Crippen LogP contribution in [0.15, 0.2) is 18.3 Å². The number of nitrogen functional groups attached to an aromatic ring is 1. The first-order valence-electron chi connectivity index (χ1n) is 5.00. The van der Waals surface area contributed by atoms with Gasteiger partial charge >= 0.3 is 0 Å². The van der Waals surface area contributed by atoms with Crippen LogP contribution in [0.3, 0.4) is 0 Å². The van der Waals surface area contributed by atoms with Gasteiger partial charge < -0.3 is 10.1 Å². The molecule has 72 valence electrons. The highest BCUT2D eigenvalue weighted by molar-refractivity contribution is 5.50. The Morgan fingerprint density at radius 3 is 2.93 bits per heavy atom. The molecule has 14 heavy (non-hydrogen) atoms. The molecule has 0 spiro atoms. The van der Waals surface area contributed by atoms with Crippen LogP contribution in [0.5, 0.6) is 0 Å². The number of anilines is 1. The molecule has 2 heterocycles. The average molecular weight is 187 g/mol. The summed E-state index contributed by atoms with van der Waals surface area (Å²) in [6.45, 7) is 2.12. The third-order valence-corrected chi connectivity index (χ3v) is 2.88. The summed E-state index contributed by atoms with van der Waals surface area (Å²) >= 11 is 0. The number of hydrogen-bond donors (Lipinski definition) is 1. The largest absolute Gasteiger partial charge is 0.398 e. The molecular weight excluding hydrogens is 174 g/mol. The van der Waals surface area contributed by atoms with Crippen LogP contribution >= 0.6 is 0 Å². The van der Waals surface area contributed by atoms with E-state index < -0.39 is 0 Å². The maximum absolute atomic E-state index is 5.75. The van der Waals surface area contributed by atoms with Crippen LogP contribution in [-0.4, -0.2) is 9.38 Å². The van der Waals surface area contributed by atoms with Crippen LogP contribution < -0.4 is 5.73 Å². The Bertz CT molecular complexity index is 494. The van der Waals surface area contributed by atoms with Gasteiger partial charge in [-0.15, -0.1) is 0 Å². The Labute approximate surface area is 82.6 Å². The number of aryl methyl sites for hydroxylation is 1. The highest BCUT2D eigenvalue weighted by Gasteiger charge is 2.28. The van der Waals surface area contributed by atoms with E-state index in [0.717, 1.165) is 11.3 Å². The predicted molar refractivity (Wildman–Crippen MR) is 56.3 cm³/mol. The van der Waals surface area contributed by atoms with E-state index in [2.05, 4.69) is 16.3 Å². The quantitative estimate of drug-likeness (QED) is 0.743. The van der Waals surface area contributed by atoms with Gasteiger partial charge in [-0.25, -0.2) is 4.98 Å². The van der Waals surface area contributed by atoms with E-state index in [9.17, 15) is 0 Å². The van der Waals surface area contributed by atoms with Gasteiger partial charge in [0, 0.05) is 23.5 Å². The maximum atomic E-state index is 5.75. The molecule has 2 N–H and O–H groups in total. The normalized spacial score (nSPS) is 16.4. The van der Waals surface area contributed by atoms with Crippen molar-refractivity contribution >= 4 is 11.3 Å². The highest BCUT2D eigenvalue weighted by atomic mass is 15.0. The van der Waals surface area contributed by atoms with E-state index in [1.165, 1.54) is 24.2 Å². The van der Waals surface area contributed by atoms with Gasteiger partial charge in [-0.3, -0.25) is 0 Å². The number of aromatic nitrogens is 2.